The average molecular weight is 488 g/mol. The minimum absolute atomic E-state index is 0.195. The Kier molecular flexibility index (Phi) is 7.24. The lowest BCUT2D eigenvalue weighted by atomic mass is 9.92. The Hall–Kier alpha value is -3.94. The van der Waals surface area contributed by atoms with Crippen molar-refractivity contribution in [1.29, 1.82) is 0 Å². The van der Waals surface area contributed by atoms with Gasteiger partial charge in [0.25, 0.3) is 5.56 Å². The van der Waals surface area contributed by atoms with Crippen LogP contribution in [0.1, 0.15) is 63.1 Å². The highest BCUT2D eigenvalue weighted by molar-refractivity contribution is 5.92. The van der Waals surface area contributed by atoms with E-state index < -0.39 is 17.2 Å². The van der Waals surface area contributed by atoms with Crippen LogP contribution in [0, 0.1) is 0 Å². The zero-order valence-corrected chi connectivity index (χ0v) is 21.5. The topological polar surface area (TPSA) is 90.9 Å². The van der Waals surface area contributed by atoms with Crippen LogP contribution in [-0.2, 0) is 24.4 Å². The zero-order valence-electron chi connectivity index (χ0n) is 21.5. The number of rotatable bonds is 8. The third-order valence-corrected chi connectivity index (χ3v) is 6.45. The third-order valence-electron chi connectivity index (χ3n) is 6.45. The summed E-state index contributed by atoms with van der Waals surface area (Å²) >= 11 is 0. The second-order valence-corrected chi connectivity index (χ2v) is 9.62. The van der Waals surface area contributed by atoms with E-state index in [0.717, 1.165) is 26.9 Å². The molecule has 2 aromatic heterocycles. The first-order valence-electron chi connectivity index (χ1n) is 12.4. The lowest BCUT2D eigenvalue weighted by Crippen LogP contribution is -2.43. The molecule has 0 radical (unpaired) electrons. The van der Waals surface area contributed by atoms with Crippen LogP contribution in [0.3, 0.4) is 0 Å². The smallest absolute Gasteiger partial charge is 0.325 e. The first-order chi connectivity index (χ1) is 17.2. The van der Waals surface area contributed by atoms with Gasteiger partial charge >= 0.3 is 5.69 Å². The fourth-order valence-electron chi connectivity index (χ4n) is 4.54. The van der Waals surface area contributed by atoms with Gasteiger partial charge in [0, 0.05) is 12.2 Å². The van der Waals surface area contributed by atoms with Gasteiger partial charge < -0.3 is 9.88 Å². The zero-order chi connectivity index (χ0) is 26.0. The average Bonchev–Trinajstić information content (AvgIpc) is 3.29. The molecule has 0 aliphatic rings. The van der Waals surface area contributed by atoms with E-state index in [4.69, 9.17) is 0 Å². The largest absolute Gasteiger partial charge is 0.333 e. The molecule has 2 aromatic carbocycles. The number of fused-ring (bicyclic) bond motifs is 1. The molecule has 0 bridgehead atoms. The molecule has 2 heterocycles. The molecule has 36 heavy (non-hydrogen) atoms. The van der Waals surface area contributed by atoms with E-state index in [-0.39, 0.29) is 24.9 Å². The van der Waals surface area contributed by atoms with Crippen molar-refractivity contribution in [2.75, 3.05) is 5.32 Å². The van der Waals surface area contributed by atoms with Crippen molar-refractivity contribution in [3.05, 3.63) is 92.4 Å². The molecule has 0 aliphatic carbocycles. The summed E-state index contributed by atoms with van der Waals surface area (Å²) in [6, 6.07) is 15.5. The summed E-state index contributed by atoms with van der Waals surface area (Å²) in [7, 11) is 0. The molecule has 4 rings (SSSR count). The van der Waals surface area contributed by atoms with Crippen molar-refractivity contribution < 1.29 is 4.79 Å². The number of amides is 1. The molecule has 0 saturated carbocycles. The van der Waals surface area contributed by atoms with E-state index in [1.165, 1.54) is 4.57 Å². The van der Waals surface area contributed by atoms with Gasteiger partial charge in [-0.1, -0.05) is 76.2 Å². The Bertz CT molecular complexity index is 1480. The van der Waals surface area contributed by atoms with Crippen molar-refractivity contribution >= 4 is 22.8 Å². The Labute approximate surface area is 210 Å². The summed E-state index contributed by atoms with van der Waals surface area (Å²) < 4.78 is 4.19. The third kappa shape index (κ3) is 4.76. The van der Waals surface area contributed by atoms with Crippen molar-refractivity contribution in [2.45, 2.75) is 66.1 Å². The molecular formula is C28H33N5O3. The number of hydrogen-bond donors (Lipinski definition) is 1. The maximum Gasteiger partial charge on any atom is 0.333 e. The first-order valence-corrected chi connectivity index (χ1v) is 12.4. The molecule has 188 valence electrons. The lowest BCUT2D eigenvalue weighted by molar-refractivity contribution is -0.116. The molecule has 0 saturated heterocycles. The van der Waals surface area contributed by atoms with Crippen LogP contribution in [0.5, 0.6) is 0 Å². The second kappa shape index (κ2) is 10.4. The van der Waals surface area contributed by atoms with Crippen molar-refractivity contribution in [3.63, 3.8) is 0 Å². The number of hydrogen-bond acceptors (Lipinski definition) is 4. The van der Waals surface area contributed by atoms with Crippen LogP contribution in [-0.4, -0.2) is 24.6 Å². The number of nitrogens with one attached hydrogen (secondary N) is 1. The molecule has 8 nitrogen and oxygen atoms in total. The van der Waals surface area contributed by atoms with Crippen molar-refractivity contribution in [1.82, 2.24) is 18.7 Å². The molecule has 0 fully saturated rings. The van der Waals surface area contributed by atoms with Crippen molar-refractivity contribution in [2.24, 2.45) is 0 Å². The monoisotopic (exact) mass is 487 g/mol. The van der Waals surface area contributed by atoms with E-state index in [0.29, 0.717) is 17.7 Å². The molecule has 0 unspecified atom stereocenters. The quantitative estimate of drug-likeness (QED) is 0.401. The Morgan fingerprint density at radius 2 is 1.56 bits per heavy atom. The van der Waals surface area contributed by atoms with Crippen LogP contribution in [0.4, 0.5) is 5.69 Å². The highest BCUT2D eigenvalue weighted by Crippen LogP contribution is 2.32. The van der Waals surface area contributed by atoms with Gasteiger partial charge in [-0.3, -0.25) is 14.2 Å². The molecule has 1 N–H and O–H groups in total. The normalized spacial score (nSPS) is 11.5. The van der Waals surface area contributed by atoms with Gasteiger partial charge in [0.2, 0.25) is 5.91 Å². The van der Waals surface area contributed by atoms with Gasteiger partial charge in [-0.2, -0.15) is 0 Å². The number of nitrogens with zero attached hydrogens (tertiary/aromatic N) is 4. The lowest BCUT2D eigenvalue weighted by Gasteiger charge is -2.20. The number of anilines is 1. The molecule has 0 spiro atoms. The Balaban J connectivity index is 1.79. The van der Waals surface area contributed by atoms with Gasteiger partial charge in [-0.15, -0.1) is 0 Å². The predicted octanol–water partition coefficient (Wildman–Crippen LogP) is 4.31. The van der Waals surface area contributed by atoms with Crippen LogP contribution in [0.15, 0.2) is 64.4 Å². The summed E-state index contributed by atoms with van der Waals surface area (Å²) in [6.07, 6.45) is 1.56. The molecule has 0 atom stereocenters. The van der Waals surface area contributed by atoms with E-state index in [1.54, 1.807) is 10.9 Å². The van der Waals surface area contributed by atoms with Crippen molar-refractivity contribution in [3.8, 4) is 0 Å². The van der Waals surface area contributed by atoms with Gasteiger partial charge in [0.1, 0.15) is 6.54 Å². The maximum absolute atomic E-state index is 13.5. The van der Waals surface area contributed by atoms with Gasteiger partial charge in [-0.05, 0) is 35.4 Å². The second-order valence-electron chi connectivity index (χ2n) is 9.62. The highest BCUT2D eigenvalue weighted by Gasteiger charge is 2.21. The van der Waals surface area contributed by atoms with E-state index in [2.05, 4.69) is 38.0 Å². The number of imidazole rings is 1. The minimum atomic E-state index is -0.561. The summed E-state index contributed by atoms with van der Waals surface area (Å²) in [5.41, 5.74) is 3.24. The maximum atomic E-state index is 13.5. The molecule has 1 amide bonds. The fourth-order valence-corrected chi connectivity index (χ4v) is 4.54. The Morgan fingerprint density at radius 3 is 2.14 bits per heavy atom. The number of benzene rings is 2. The number of aryl methyl sites for hydroxylation is 1. The fraction of sp³-hybridized carbons (Fsp3) is 0.357. The van der Waals surface area contributed by atoms with Crippen LogP contribution >= 0.6 is 0 Å². The van der Waals surface area contributed by atoms with Crippen LogP contribution in [0.25, 0.3) is 11.2 Å². The van der Waals surface area contributed by atoms with E-state index in [1.807, 2.05) is 55.5 Å². The summed E-state index contributed by atoms with van der Waals surface area (Å²) in [5.74, 6) is -0.0301. The number of aromatic nitrogens is 4. The highest BCUT2D eigenvalue weighted by atomic mass is 16.2. The number of carbonyl (C=O) groups excluding carboxylic acids is 1. The van der Waals surface area contributed by atoms with Gasteiger partial charge in [0.15, 0.2) is 11.2 Å². The van der Waals surface area contributed by atoms with Gasteiger partial charge in [0.05, 0.1) is 12.9 Å². The number of para-hydroxylation sites is 1. The molecule has 4 aromatic rings. The molecular weight excluding hydrogens is 454 g/mol. The van der Waals surface area contributed by atoms with E-state index in [9.17, 15) is 14.4 Å². The summed E-state index contributed by atoms with van der Waals surface area (Å²) in [6.45, 7) is 10.6. The van der Waals surface area contributed by atoms with Gasteiger partial charge in [-0.25, -0.2) is 14.3 Å². The SMILES string of the molecule is CCn1cnc2c1c(=O)n(CC(=O)Nc1c(C(C)C)cccc1C(C)C)c(=O)n2Cc1ccccc1. The minimum Gasteiger partial charge on any atom is -0.325 e. The number of carbonyl (C=O) groups is 1. The first kappa shape index (κ1) is 25.2. The molecule has 8 heteroatoms. The summed E-state index contributed by atoms with van der Waals surface area (Å²) in [5, 5.41) is 3.02. The standard InChI is InChI=1S/C28H33N5O3/c1-6-31-17-29-26-25(31)27(35)33(28(36)32(26)15-20-11-8-7-9-12-20)16-23(34)30-24-21(18(2)3)13-10-14-22(24)19(4)5/h7-14,17-19H,6,15-16H2,1-5H3,(H,30,34). The molecule has 0 aliphatic heterocycles. The summed E-state index contributed by atoms with van der Waals surface area (Å²) in [4.78, 5) is 44.6. The predicted molar refractivity (Wildman–Crippen MR) is 143 cm³/mol. The van der Waals surface area contributed by atoms with Crippen LogP contribution in [0.2, 0.25) is 0 Å². The Morgan fingerprint density at radius 1 is 0.917 bits per heavy atom. The van der Waals surface area contributed by atoms with Crippen LogP contribution < -0.4 is 16.6 Å². The van der Waals surface area contributed by atoms with E-state index >= 15 is 0 Å².